The number of benzene rings is 2. The Kier molecular flexibility index (Phi) is 7.35. The monoisotopic (exact) mass is 400 g/mol. The maximum Gasteiger partial charge on any atom is 0.223 e. The number of hydrogen-bond acceptors (Lipinski definition) is 3. The normalized spacial score (nSPS) is 16.5. The Morgan fingerprint density at radius 1 is 1.14 bits per heavy atom. The van der Waals surface area contributed by atoms with Crippen molar-refractivity contribution in [3.63, 3.8) is 0 Å². The molecule has 1 heterocycles. The van der Waals surface area contributed by atoms with Gasteiger partial charge in [0.1, 0.15) is 5.75 Å². The summed E-state index contributed by atoms with van der Waals surface area (Å²) < 4.78 is 5.22. The van der Waals surface area contributed by atoms with Crippen LogP contribution in [-0.4, -0.2) is 31.0 Å². The third-order valence-electron chi connectivity index (χ3n) is 5.52. The van der Waals surface area contributed by atoms with Gasteiger partial charge in [0.05, 0.1) is 13.2 Å². The van der Waals surface area contributed by atoms with Gasteiger partial charge in [0, 0.05) is 17.5 Å². The third-order valence-corrected chi connectivity index (χ3v) is 5.77. The number of hydrogen-bond donors (Lipinski definition) is 1. The van der Waals surface area contributed by atoms with E-state index in [1.54, 1.807) is 7.11 Å². The van der Waals surface area contributed by atoms with Crippen LogP contribution in [0.5, 0.6) is 5.75 Å². The van der Waals surface area contributed by atoms with Gasteiger partial charge in [-0.15, -0.1) is 0 Å². The lowest BCUT2D eigenvalue weighted by atomic mass is 9.94. The first kappa shape index (κ1) is 20.7. The van der Waals surface area contributed by atoms with Gasteiger partial charge in [-0.25, -0.2) is 0 Å². The van der Waals surface area contributed by atoms with Gasteiger partial charge in [0.15, 0.2) is 0 Å². The van der Waals surface area contributed by atoms with E-state index in [4.69, 9.17) is 16.3 Å². The van der Waals surface area contributed by atoms with Crippen molar-refractivity contribution in [3.8, 4) is 5.75 Å². The lowest BCUT2D eigenvalue weighted by molar-refractivity contribution is -0.127. The standard InChI is InChI=1S/C23H29ClN2O2/c1-3-22(18-6-10-21(28-2)11-7-18)25-23(27)19-12-14-26(15-13-19)16-17-4-8-20(24)9-5-17/h4-11,19,22H,3,12-16H2,1-2H3,(H,25,27)/t22-/m1/s1. The molecule has 1 aliphatic rings. The number of carbonyl (C=O) groups is 1. The van der Waals surface area contributed by atoms with Crippen molar-refractivity contribution in [2.24, 2.45) is 5.92 Å². The molecule has 1 atom stereocenters. The highest BCUT2D eigenvalue weighted by molar-refractivity contribution is 6.30. The van der Waals surface area contributed by atoms with Gasteiger partial charge in [-0.1, -0.05) is 42.8 Å². The molecular weight excluding hydrogens is 372 g/mol. The topological polar surface area (TPSA) is 41.6 Å². The van der Waals surface area contributed by atoms with Crippen LogP contribution >= 0.6 is 11.6 Å². The Morgan fingerprint density at radius 2 is 1.79 bits per heavy atom. The number of halogens is 1. The first-order valence-corrected chi connectivity index (χ1v) is 10.4. The van der Waals surface area contributed by atoms with Gasteiger partial charge in [0.2, 0.25) is 5.91 Å². The van der Waals surface area contributed by atoms with Gasteiger partial charge in [-0.2, -0.15) is 0 Å². The minimum atomic E-state index is 0.0468. The van der Waals surface area contributed by atoms with Crippen LogP contribution in [0.25, 0.3) is 0 Å². The fourth-order valence-electron chi connectivity index (χ4n) is 3.75. The molecule has 1 amide bonds. The van der Waals surface area contributed by atoms with Gasteiger partial charge in [-0.05, 0) is 67.7 Å². The zero-order valence-corrected chi connectivity index (χ0v) is 17.4. The lowest BCUT2D eigenvalue weighted by Gasteiger charge is -2.32. The average Bonchev–Trinajstić information content (AvgIpc) is 2.74. The summed E-state index contributed by atoms with van der Waals surface area (Å²) >= 11 is 5.96. The molecule has 2 aromatic rings. The molecule has 1 aliphatic heterocycles. The fraction of sp³-hybridized carbons (Fsp3) is 0.435. The molecule has 3 rings (SSSR count). The van der Waals surface area contributed by atoms with E-state index in [0.717, 1.165) is 55.2 Å². The van der Waals surface area contributed by atoms with Gasteiger partial charge >= 0.3 is 0 Å². The van der Waals surface area contributed by atoms with Crippen molar-refractivity contribution in [2.45, 2.75) is 38.8 Å². The molecule has 0 aliphatic carbocycles. The summed E-state index contributed by atoms with van der Waals surface area (Å²) in [5, 5.41) is 4.01. The Bertz CT molecular complexity index is 753. The predicted octanol–water partition coefficient (Wildman–Crippen LogP) is 4.83. The second-order valence-electron chi connectivity index (χ2n) is 7.42. The van der Waals surface area contributed by atoms with Crippen molar-refractivity contribution in [3.05, 3.63) is 64.7 Å². The summed E-state index contributed by atoms with van der Waals surface area (Å²) in [7, 11) is 1.66. The van der Waals surface area contributed by atoms with Gasteiger partial charge < -0.3 is 10.1 Å². The quantitative estimate of drug-likeness (QED) is 0.723. The number of methoxy groups -OCH3 is 1. The summed E-state index contributed by atoms with van der Waals surface area (Å²) in [6, 6.07) is 16.0. The van der Waals surface area contributed by atoms with Crippen LogP contribution in [0.4, 0.5) is 0 Å². The molecule has 1 fully saturated rings. The average molecular weight is 401 g/mol. The Morgan fingerprint density at radius 3 is 2.36 bits per heavy atom. The molecule has 0 aromatic heterocycles. The van der Waals surface area contributed by atoms with E-state index >= 15 is 0 Å². The molecule has 0 unspecified atom stereocenters. The fourth-order valence-corrected chi connectivity index (χ4v) is 3.87. The molecule has 1 N–H and O–H groups in total. The number of nitrogens with one attached hydrogen (secondary N) is 1. The van der Waals surface area contributed by atoms with E-state index < -0.39 is 0 Å². The maximum atomic E-state index is 12.8. The minimum absolute atomic E-state index is 0.0468. The summed E-state index contributed by atoms with van der Waals surface area (Å²) in [5.41, 5.74) is 2.38. The molecule has 4 nitrogen and oxygen atoms in total. The van der Waals surface area contributed by atoms with Crippen molar-refractivity contribution in [1.82, 2.24) is 10.2 Å². The molecule has 0 radical (unpaired) electrons. The maximum absolute atomic E-state index is 12.8. The van der Waals surface area contributed by atoms with Crippen LogP contribution < -0.4 is 10.1 Å². The van der Waals surface area contributed by atoms with Crippen molar-refractivity contribution in [2.75, 3.05) is 20.2 Å². The van der Waals surface area contributed by atoms with Gasteiger partial charge in [0.25, 0.3) is 0 Å². The molecule has 0 saturated carbocycles. The number of ether oxygens (including phenoxy) is 1. The molecule has 0 spiro atoms. The third kappa shape index (κ3) is 5.49. The number of likely N-dealkylation sites (tertiary alicyclic amines) is 1. The van der Waals surface area contributed by atoms with Crippen LogP contribution in [0.3, 0.4) is 0 Å². The Labute approximate surface area is 172 Å². The number of rotatable bonds is 7. The second-order valence-corrected chi connectivity index (χ2v) is 7.86. The first-order valence-electron chi connectivity index (χ1n) is 10.00. The zero-order valence-electron chi connectivity index (χ0n) is 16.7. The highest BCUT2D eigenvalue weighted by Gasteiger charge is 2.26. The van der Waals surface area contributed by atoms with E-state index in [-0.39, 0.29) is 17.9 Å². The summed E-state index contributed by atoms with van der Waals surface area (Å²) in [6.45, 7) is 4.90. The highest BCUT2D eigenvalue weighted by atomic mass is 35.5. The number of carbonyl (C=O) groups excluding carboxylic acids is 1. The van der Waals surface area contributed by atoms with Crippen LogP contribution in [0.2, 0.25) is 5.02 Å². The number of piperidine rings is 1. The lowest BCUT2D eigenvalue weighted by Crippen LogP contribution is -2.41. The van der Waals surface area contributed by atoms with Crippen molar-refractivity contribution >= 4 is 17.5 Å². The van der Waals surface area contributed by atoms with Crippen LogP contribution in [0.15, 0.2) is 48.5 Å². The molecule has 28 heavy (non-hydrogen) atoms. The number of nitrogens with zero attached hydrogens (tertiary/aromatic N) is 1. The minimum Gasteiger partial charge on any atom is -0.497 e. The zero-order chi connectivity index (χ0) is 19.9. The van der Waals surface area contributed by atoms with E-state index in [0.29, 0.717) is 0 Å². The van der Waals surface area contributed by atoms with E-state index in [1.165, 1.54) is 5.56 Å². The molecular formula is C23H29ClN2O2. The van der Waals surface area contributed by atoms with E-state index in [2.05, 4.69) is 29.3 Å². The summed E-state index contributed by atoms with van der Waals surface area (Å²) in [6.07, 6.45) is 2.67. The molecule has 150 valence electrons. The highest BCUT2D eigenvalue weighted by Crippen LogP contribution is 2.24. The largest absolute Gasteiger partial charge is 0.497 e. The van der Waals surface area contributed by atoms with Crippen LogP contribution in [-0.2, 0) is 11.3 Å². The first-order chi connectivity index (χ1) is 13.6. The van der Waals surface area contributed by atoms with E-state index in [9.17, 15) is 4.79 Å². The van der Waals surface area contributed by atoms with Crippen molar-refractivity contribution < 1.29 is 9.53 Å². The van der Waals surface area contributed by atoms with E-state index in [1.807, 2.05) is 36.4 Å². The molecule has 1 saturated heterocycles. The molecule has 5 heteroatoms. The summed E-state index contributed by atoms with van der Waals surface area (Å²) in [5.74, 6) is 1.10. The number of amides is 1. The van der Waals surface area contributed by atoms with Crippen LogP contribution in [0, 0.1) is 5.92 Å². The predicted molar refractivity (Wildman–Crippen MR) is 114 cm³/mol. The Balaban J connectivity index is 1.50. The van der Waals surface area contributed by atoms with Crippen molar-refractivity contribution in [1.29, 1.82) is 0 Å². The molecule has 0 bridgehead atoms. The smallest absolute Gasteiger partial charge is 0.223 e. The summed E-state index contributed by atoms with van der Waals surface area (Å²) in [4.78, 5) is 15.2. The SMILES string of the molecule is CC[C@@H](NC(=O)C1CCN(Cc2ccc(Cl)cc2)CC1)c1ccc(OC)cc1. The van der Waals surface area contributed by atoms with Crippen LogP contribution in [0.1, 0.15) is 43.4 Å². The second kappa shape index (κ2) is 9.94. The molecule has 2 aromatic carbocycles. The Hall–Kier alpha value is -2.04. The van der Waals surface area contributed by atoms with Gasteiger partial charge in [-0.3, -0.25) is 9.69 Å².